The van der Waals surface area contributed by atoms with E-state index in [-0.39, 0.29) is 5.91 Å². The van der Waals surface area contributed by atoms with Crippen LogP contribution in [0.5, 0.6) is 11.5 Å². The van der Waals surface area contributed by atoms with Crippen LogP contribution in [-0.4, -0.2) is 61.1 Å². The highest BCUT2D eigenvalue weighted by Crippen LogP contribution is 2.33. The molecule has 0 spiro atoms. The van der Waals surface area contributed by atoms with E-state index in [4.69, 9.17) is 9.47 Å². The topological polar surface area (TPSA) is 42.0 Å². The largest absolute Gasteiger partial charge is 0.493 e. The zero-order valence-corrected chi connectivity index (χ0v) is 15.8. The number of carbonyl (C=O) groups excluding carboxylic acids is 1. The maximum atomic E-state index is 13.1. The normalized spacial score (nSPS) is 27.4. The molecule has 1 aromatic carbocycles. The molecule has 0 aliphatic carbocycles. The predicted molar refractivity (Wildman–Crippen MR) is 98.5 cm³/mol. The molecule has 2 aliphatic rings. The molecule has 2 saturated heterocycles. The van der Waals surface area contributed by atoms with E-state index in [1.807, 2.05) is 23.1 Å². The van der Waals surface area contributed by atoms with Crippen molar-refractivity contribution in [3.63, 3.8) is 0 Å². The van der Waals surface area contributed by atoms with Gasteiger partial charge < -0.3 is 14.4 Å². The number of hydrogen-bond acceptors (Lipinski definition) is 4. The number of amides is 1. The molecule has 5 heteroatoms. The second-order valence-electron chi connectivity index (χ2n) is 7.31. The molecule has 2 aliphatic heterocycles. The highest BCUT2D eigenvalue weighted by Gasteiger charge is 2.37. The number of para-hydroxylation sites is 1. The average molecular weight is 346 g/mol. The van der Waals surface area contributed by atoms with Crippen molar-refractivity contribution >= 4 is 5.91 Å². The van der Waals surface area contributed by atoms with Gasteiger partial charge in [0, 0.05) is 31.2 Å². The first-order valence-corrected chi connectivity index (χ1v) is 9.34. The lowest BCUT2D eigenvalue weighted by molar-refractivity contribution is 0.0484. The van der Waals surface area contributed by atoms with Crippen molar-refractivity contribution in [2.24, 2.45) is 0 Å². The number of likely N-dealkylation sites (tertiary alicyclic amines) is 2. The van der Waals surface area contributed by atoms with Gasteiger partial charge in [0.25, 0.3) is 5.91 Å². The Morgan fingerprint density at radius 2 is 1.80 bits per heavy atom. The first kappa shape index (κ1) is 18.1. The van der Waals surface area contributed by atoms with Crippen LogP contribution in [0.25, 0.3) is 0 Å². The van der Waals surface area contributed by atoms with Crippen LogP contribution in [0.1, 0.15) is 49.9 Å². The molecule has 5 nitrogen and oxygen atoms in total. The summed E-state index contributed by atoms with van der Waals surface area (Å²) in [7, 11) is 3.18. The van der Waals surface area contributed by atoms with Crippen molar-refractivity contribution in [2.45, 2.75) is 57.7 Å². The Hall–Kier alpha value is -1.75. The van der Waals surface area contributed by atoms with Crippen LogP contribution in [0.3, 0.4) is 0 Å². The number of hydrogen-bond donors (Lipinski definition) is 0. The zero-order valence-electron chi connectivity index (χ0n) is 15.8. The molecule has 3 atom stereocenters. The summed E-state index contributed by atoms with van der Waals surface area (Å²) in [4.78, 5) is 17.8. The van der Waals surface area contributed by atoms with Crippen molar-refractivity contribution in [1.29, 1.82) is 0 Å². The van der Waals surface area contributed by atoms with Crippen LogP contribution in [0.2, 0.25) is 0 Å². The fraction of sp³-hybridized carbons (Fsp3) is 0.650. The van der Waals surface area contributed by atoms with Crippen molar-refractivity contribution in [1.82, 2.24) is 9.80 Å². The van der Waals surface area contributed by atoms with E-state index < -0.39 is 0 Å². The van der Waals surface area contributed by atoms with Crippen molar-refractivity contribution < 1.29 is 14.3 Å². The molecule has 1 aromatic rings. The van der Waals surface area contributed by atoms with Crippen LogP contribution in [0.4, 0.5) is 0 Å². The Morgan fingerprint density at radius 3 is 2.44 bits per heavy atom. The van der Waals surface area contributed by atoms with Crippen LogP contribution in [-0.2, 0) is 0 Å². The Bertz CT molecular complexity index is 609. The van der Waals surface area contributed by atoms with Crippen LogP contribution in [0, 0.1) is 0 Å². The second-order valence-corrected chi connectivity index (χ2v) is 7.31. The number of nitrogens with zero attached hydrogens (tertiary/aromatic N) is 2. The summed E-state index contributed by atoms with van der Waals surface area (Å²) in [6.07, 6.45) is 4.75. The van der Waals surface area contributed by atoms with E-state index >= 15 is 0 Å². The maximum Gasteiger partial charge on any atom is 0.257 e. The van der Waals surface area contributed by atoms with Gasteiger partial charge in [0.05, 0.1) is 19.8 Å². The fourth-order valence-electron chi connectivity index (χ4n) is 4.54. The van der Waals surface area contributed by atoms with E-state index in [9.17, 15) is 4.79 Å². The van der Waals surface area contributed by atoms with E-state index in [1.165, 1.54) is 19.3 Å². The molecule has 1 amide bonds. The molecule has 0 saturated carbocycles. The van der Waals surface area contributed by atoms with Gasteiger partial charge in [-0.25, -0.2) is 0 Å². The van der Waals surface area contributed by atoms with E-state index in [0.717, 1.165) is 19.5 Å². The summed E-state index contributed by atoms with van der Waals surface area (Å²) in [6.45, 7) is 6.24. The first-order valence-electron chi connectivity index (χ1n) is 9.34. The summed E-state index contributed by atoms with van der Waals surface area (Å²) in [5.74, 6) is 1.17. The van der Waals surface area contributed by atoms with Crippen LogP contribution < -0.4 is 9.47 Å². The third kappa shape index (κ3) is 3.47. The minimum Gasteiger partial charge on any atom is -0.493 e. The molecule has 0 N–H and O–H groups in total. The quantitative estimate of drug-likeness (QED) is 0.840. The van der Waals surface area contributed by atoms with Crippen molar-refractivity contribution in [2.75, 3.05) is 27.3 Å². The molecule has 138 valence electrons. The lowest BCUT2D eigenvalue weighted by Gasteiger charge is -2.41. The summed E-state index contributed by atoms with van der Waals surface area (Å²) in [5.41, 5.74) is 0.588. The smallest absolute Gasteiger partial charge is 0.257 e. The van der Waals surface area contributed by atoms with E-state index in [2.05, 4.69) is 18.7 Å². The molecule has 2 heterocycles. The molecule has 0 unspecified atom stereocenters. The second kappa shape index (κ2) is 7.65. The molecule has 0 radical (unpaired) electrons. The van der Waals surface area contributed by atoms with Crippen LogP contribution >= 0.6 is 0 Å². The van der Waals surface area contributed by atoms with Crippen molar-refractivity contribution in [3.8, 4) is 11.5 Å². The Kier molecular flexibility index (Phi) is 5.52. The van der Waals surface area contributed by atoms with Gasteiger partial charge in [-0.3, -0.25) is 9.69 Å². The summed E-state index contributed by atoms with van der Waals surface area (Å²) in [5, 5.41) is 0. The number of piperidine rings is 1. The standard InChI is InChI=1S/C20H30N2O3/c1-14-10-11-15(2)22(14)16-7-6-12-21(13-16)20(23)17-8-5-9-18(24-3)19(17)25-4/h5,8-9,14-16H,6-7,10-13H2,1-4H3/t14-,15+,16-/m1/s1. The van der Waals surface area contributed by atoms with Gasteiger partial charge >= 0.3 is 0 Å². The molecule has 2 fully saturated rings. The average Bonchev–Trinajstić information content (AvgIpc) is 2.98. The monoisotopic (exact) mass is 346 g/mol. The summed E-state index contributed by atoms with van der Waals surface area (Å²) < 4.78 is 10.8. The number of methoxy groups -OCH3 is 2. The molecule has 0 aromatic heterocycles. The van der Waals surface area contributed by atoms with E-state index in [1.54, 1.807) is 14.2 Å². The van der Waals surface area contributed by atoms with Gasteiger partial charge in [-0.2, -0.15) is 0 Å². The van der Waals surface area contributed by atoms with Gasteiger partial charge in [-0.15, -0.1) is 0 Å². The highest BCUT2D eigenvalue weighted by molar-refractivity contribution is 5.98. The summed E-state index contributed by atoms with van der Waals surface area (Å²) in [6, 6.07) is 7.18. The Balaban J connectivity index is 1.79. The third-order valence-electron chi connectivity index (χ3n) is 5.76. The van der Waals surface area contributed by atoms with Crippen LogP contribution in [0.15, 0.2) is 18.2 Å². The number of benzene rings is 1. The van der Waals surface area contributed by atoms with Gasteiger partial charge in [0.2, 0.25) is 0 Å². The minimum absolute atomic E-state index is 0.0416. The lowest BCUT2D eigenvalue weighted by atomic mass is 10.0. The third-order valence-corrected chi connectivity index (χ3v) is 5.76. The molecule has 0 bridgehead atoms. The fourth-order valence-corrected chi connectivity index (χ4v) is 4.54. The maximum absolute atomic E-state index is 13.1. The molecular weight excluding hydrogens is 316 g/mol. The minimum atomic E-state index is 0.0416. The zero-order chi connectivity index (χ0) is 18.0. The Labute approximate surface area is 150 Å². The predicted octanol–water partition coefficient (Wildman–Crippen LogP) is 3.18. The number of carbonyl (C=O) groups is 1. The Morgan fingerprint density at radius 1 is 1.08 bits per heavy atom. The highest BCUT2D eigenvalue weighted by atomic mass is 16.5. The lowest BCUT2D eigenvalue weighted by Crippen LogP contribution is -2.52. The number of rotatable bonds is 4. The van der Waals surface area contributed by atoms with Crippen molar-refractivity contribution in [3.05, 3.63) is 23.8 Å². The number of ether oxygens (including phenoxy) is 2. The van der Waals surface area contributed by atoms with Gasteiger partial charge in [-0.05, 0) is 51.7 Å². The SMILES string of the molecule is COc1cccc(C(=O)N2CCC[C@@H](N3[C@H](C)CC[C@@H]3C)C2)c1OC. The van der Waals surface area contributed by atoms with Gasteiger partial charge in [-0.1, -0.05) is 6.07 Å². The van der Waals surface area contributed by atoms with Gasteiger partial charge in [0.15, 0.2) is 11.5 Å². The molecular formula is C20H30N2O3. The van der Waals surface area contributed by atoms with Gasteiger partial charge in [0.1, 0.15) is 0 Å². The first-order chi connectivity index (χ1) is 12.1. The molecule has 25 heavy (non-hydrogen) atoms. The summed E-state index contributed by atoms with van der Waals surface area (Å²) >= 11 is 0. The van der Waals surface area contributed by atoms with E-state index in [0.29, 0.717) is 35.2 Å². The molecule has 3 rings (SSSR count).